The summed E-state index contributed by atoms with van der Waals surface area (Å²) in [6.45, 7) is 3.21. The topological polar surface area (TPSA) is 37.3 Å². The molecule has 0 aliphatic heterocycles. The first-order valence-electron chi connectivity index (χ1n) is 4.26. The van der Waals surface area contributed by atoms with Gasteiger partial charge in [-0.25, -0.2) is 0 Å². The predicted molar refractivity (Wildman–Crippen MR) is 48.4 cm³/mol. The van der Waals surface area contributed by atoms with Crippen molar-refractivity contribution in [2.45, 2.75) is 20.0 Å². The second-order valence-corrected chi connectivity index (χ2v) is 4.58. The predicted octanol–water partition coefficient (Wildman–Crippen LogP) is 3.03. The maximum Gasteiger partial charge on any atom is 0.426 e. The summed E-state index contributed by atoms with van der Waals surface area (Å²) >= 11 is 5.03. The highest BCUT2D eigenvalue weighted by atomic mass is 35.5. The number of rotatable bonds is 2. The molecular formula is C9H10ClF3O2. The van der Waals surface area contributed by atoms with Crippen LogP contribution in [0.2, 0.25) is 0 Å². The molecule has 0 radical (unpaired) electrons. The van der Waals surface area contributed by atoms with E-state index >= 15 is 0 Å². The Balaban J connectivity index is 2.83. The van der Waals surface area contributed by atoms with Gasteiger partial charge < -0.3 is 5.11 Å². The summed E-state index contributed by atoms with van der Waals surface area (Å²) in [5.74, 6) is -2.52. The van der Waals surface area contributed by atoms with Gasteiger partial charge in [-0.1, -0.05) is 31.5 Å². The molecule has 15 heavy (non-hydrogen) atoms. The molecule has 2 nitrogen and oxygen atoms in total. The Morgan fingerprint density at radius 3 is 2.20 bits per heavy atom. The molecule has 86 valence electrons. The van der Waals surface area contributed by atoms with Crippen molar-refractivity contribution in [1.29, 1.82) is 0 Å². The fourth-order valence-corrected chi connectivity index (χ4v) is 1.85. The van der Waals surface area contributed by atoms with E-state index in [-0.39, 0.29) is 0 Å². The molecule has 0 aromatic rings. The van der Waals surface area contributed by atoms with Crippen molar-refractivity contribution in [2.75, 3.05) is 0 Å². The standard InChI is InChI=1S/C9H10ClF3O2/c1-8(2)4(6(8)7(14)15)3-5(10)9(11,12)13/h3-4,6H,1-2H3,(H,14,15)/b5-3-/t4-,6-/m1/s1. The van der Waals surface area contributed by atoms with Crippen molar-refractivity contribution in [3.05, 3.63) is 11.1 Å². The molecule has 6 heteroatoms. The third kappa shape index (κ3) is 2.27. The van der Waals surface area contributed by atoms with Crippen molar-refractivity contribution in [2.24, 2.45) is 17.3 Å². The van der Waals surface area contributed by atoms with E-state index in [1.54, 1.807) is 13.8 Å². The first kappa shape index (κ1) is 12.4. The Bertz CT molecular complexity index is 320. The zero-order valence-electron chi connectivity index (χ0n) is 8.10. The van der Waals surface area contributed by atoms with E-state index in [2.05, 4.69) is 0 Å². The number of carboxylic acid groups (broad SMARTS) is 1. The molecule has 0 saturated heterocycles. The number of halogens is 4. The molecular weight excluding hydrogens is 233 g/mol. The maximum absolute atomic E-state index is 12.1. The molecule has 0 unspecified atom stereocenters. The molecule has 1 saturated carbocycles. The van der Waals surface area contributed by atoms with Crippen LogP contribution in [0.25, 0.3) is 0 Å². The van der Waals surface area contributed by atoms with Gasteiger partial charge in [0.2, 0.25) is 0 Å². The van der Waals surface area contributed by atoms with Gasteiger partial charge >= 0.3 is 12.1 Å². The molecule has 0 spiro atoms. The van der Waals surface area contributed by atoms with Crippen molar-refractivity contribution in [3.63, 3.8) is 0 Å². The summed E-state index contributed by atoms with van der Waals surface area (Å²) in [6, 6.07) is 0. The van der Waals surface area contributed by atoms with E-state index in [1.165, 1.54) is 0 Å². The minimum absolute atomic E-state index is 0.649. The molecule has 0 bridgehead atoms. The number of alkyl halides is 3. The number of carboxylic acids is 1. The molecule has 1 fully saturated rings. The number of carbonyl (C=O) groups is 1. The zero-order chi connectivity index (χ0) is 12.0. The Morgan fingerprint density at radius 2 is 1.93 bits per heavy atom. The van der Waals surface area contributed by atoms with Crippen molar-refractivity contribution < 1.29 is 23.1 Å². The lowest BCUT2D eigenvalue weighted by Crippen LogP contribution is -2.07. The summed E-state index contributed by atoms with van der Waals surface area (Å²) < 4.78 is 36.2. The molecule has 1 N–H and O–H groups in total. The minimum Gasteiger partial charge on any atom is -0.481 e. The fraction of sp³-hybridized carbons (Fsp3) is 0.667. The smallest absolute Gasteiger partial charge is 0.426 e. The number of allylic oxidation sites excluding steroid dienone is 2. The average Bonchev–Trinajstić information content (AvgIpc) is 2.50. The van der Waals surface area contributed by atoms with Crippen LogP contribution in [0.5, 0.6) is 0 Å². The summed E-state index contributed by atoms with van der Waals surface area (Å²) in [7, 11) is 0. The van der Waals surface area contributed by atoms with Crippen molar-refractivity contribution in [3.8, 4) is 0 Å². The Morgan fingerprint density at radius 1 is 1.47 bits per heavy atom. The molecule has 0 heterocycles. The van der Waals surface area contributed by atoms with Crippen molar-refractivity contribution >= 4 is 17.6 Å². The lowest BCUT2D eigenvalue weighted by molar-refractivity contribution is -0.139. The van der Waals surface area contributed by atoms with Gasteiger partial charge in [0.1, 0.15) is 5.03 Å². The first-order chi connectivity index (χ1) is 6.58. The van der Waals surface area contributed by atoms with Crippen LogP contribution < -0.4 is 0 Å². The molecule has 0 amide bonds. The Kier molecular flexibility index (Phi) is 2.80. The Labute approximate surface area is 89.7 Å². The van der Waals surface area contributed by atoms with Gasteiger partial charge in [0, 0.05) is 0 Å². The number of hydrogen-bond donors (Lipinski definition) is 1. The summed E-state index contributed by atoms with van der Waals surface area (Å²) in [6.07, 6.45) is -3.80. The van der Waals surface area contributed by atoms with E-state index in [1.807, 2.05) is 0 Å². The lowest BCUT2D eigenvalue weighted by atomic mass is 10.1. The molecule has 1 rings (SSSR count). The van der Waals surface area contributed by atoms with Crippen LogP contribution >= 0.6 is 11.6 Å². The van der Waals surface area contributed by atoms with Gasteiger partial charge in [-0.15, -0.1) is 0 Å². The average molecular weight is 243 g/mol. The summed E-state index contributed by atoms with van der Waals surface area (Å²) in [5.41, 5.74) is -0.656. The fourth-order valence-electron chi connectivity index (χ4n) is 1.71. The van der Waals surface area contributed by atoms with Gasteiger partial charge in [-0.05, 0) is 11.3 Å². The summed E-state index contributed by atoms with van der Waals surface area (Å²) in [5, 5.41) is 7.48. The molecule has 1 aliphatic rings. The number of hydrogen-bond acceptors (Lipinski definition) is 1. The normalized spacial score (nSPS) is 30.1. The van der Waals surface area contributed by atoms with Gasteiger partial charge in [0.05, 0.1) is 5.92 Å². The zero-order valence-corrected chi connectivity index (χ0v) is 8.86. The largest absolute Gasteiger partial charge is 0.481 e. The Hall–Kier alpha value is -0.710. The van der Waals surface area contributed by atoms with Crippen LogP contribution in [0.15, 0.2) is 11.1 Å². The SMILES string of the molecule is CC1(C)[C@H](/C=C(\Cl)C(F)(F)F)[C@@H]1C(=O)O. The van der Waals surface area contributed by atoms with Crippen LogP contribution in [-0.2, 0) is 4.79 Å². The van der Waals surface area contributed by atoms with Crippen LogP contribution in [0.1, 0.15) is 13.8 Å². The number of aliphatic carboxylic acids is 1. The third-order valence-electron chi connectivity index (χ3n) is 2.77. The molecule has 2 atom stereocenters. The van der Waals surface area contributed by atoms with Crippen LogP contribution in [0, 0.1) is 17.3 Å². The van der Waals surface area contributed by atoms with Crippen LogP contribution in [0.4, 0.5) is 13.2 Å². The van der Waals surface area contributed by atoms with Crippen molar-refractivity contribution in [1.82, 2.24) is 0 Å². The molecule has 0 aromatic carbocycles. The minimum atomic E-state index is -4.59. The van der Waals surface area contributed by atoms with E-state index < -0.39 is 34.4 Å². The van der Waals surface area contributed by atoms with Gasteiger partial charge in [-0.3, -0.25) is 4.79 Å². The second kappa shape index (κ2) is 3.40. The monoisotopic (exact) mass is 242 g/mol. The highest BCUT2D eigenvalue weighted by Gasteiger charge is 2.61. The van der Waals surface area contributed by atoms with Gasteiger partial charge in [0.15, 0.2) is 0 Å². The maximum atomic E-state index is 12.1. The molecule has 1 aliphatic carbocycles. The lowest BCUT2D eigenvalue weighted by Gasteiger charge is -2.04. The first-order valence-corrected chi connectivity index (χ1v) is 4.63. The van der Waals surface area contributed by atoms with E-state index in [0.717, 1.165) is 6.08 Å². The highest BCUT2D eigenvalue weighted by molar-refractivity contribution is 6.30. The highest BCUT2D eigenvalue weighted by Crippen LogP contribution is 2.60. The third-order valence-corrected chi connectivity index (χ3v) is 3.11. The van der Waals surface area contributed by atoms with E-state index in [9.17, 15) is 18.0 Å². The molecule has 0 aromatic heterocycles. The van der Waals surface area contributed by atoms with Gasteiger partial charge in [0.25, 0.3) is 0 Å². The quantitative estimate of drug-likeness (QED) is 0.808. The second-order valence-electron chi connectivity index (χ2n) is 4.18. The van der Waals surface area contributed by atoms with E-state index in [0.29, 0.717) is 0 Å². The van der Waals surface area contributed by atoms with Crippen LogP contribution in [-0.4, -0.2) is 17.3 Å². The summed E-state index contributed by atoms with van der Waals surface area (Å²) in [4.78, 5) is 10.7. The van der Waals surface area contributed by atoms with E-state index in [4.69, 9.17) is 16.7 Å². The van der Waals surface area contributed by atoms with Crippen LogP contribution in [0.3, 0.4) is 0 Å². The van der Waals surface area contributed by atoms with Gasteiger partial charge in [-0.2, -0.15) is 13.2 Å².